The first kappa shape index (κ1) is 11.9. The molecule has 1 aromatic carbocycles. The van der Waals surface area contributed by atoms with E-state index in [1.54, 1.807) is 0 Å². The molecule has 0 saturated heterocycles. The van der Waals surface area contributed by atoms with Gasteiger partial charge in [-0.25, -0.2) is 4.79 Å². The van der Waals surface area contributed by atoms with Gasteiger partial charge in [-0.2, -0.15) is 8.78 Å². The summed E-state index contributed by atoms with van der Waals surface area (Å²) < 4.78 is 25.9. The van der Waals surface area contributed by atoms with Crippen molar-refractivity contribution in [3.8, 4) is 0 Å². The molecule has 3 nitrogen and oxygen atoms in total. The Morgan fingerprint density at radius 3 is 2.27 bits per heavy atom. The zero-order valence-electron chi connectivity index (χ0n) is 7.45. The molecule has 0 aromatic heterocycles. The number of hydrogen-bond acceptors (Lipinski definition) is 2. The highest BCUT2D eigenvalue weighted by molar-refractivity contribution is 6.30. The maximum atomic E-state index is 13.0. The van der Waals surface area contributed by atoms with Gasteiger partial charge < -0.3 is 10.8 Å². The highest BCUT2D eigenvalue weighted by Crippen LogP contribution is 2.29. The fraction of sp³-hybridized carbons (Fsp3) is 0.222. The zero-order chi connectivity index (χ0) is 11.6. The van der Waals surface area contributed by atoms with Crippen LogP contribution in [-0.4, -0.2) is 17.0 Å². The molecule has 1 rings (SSSR count). The lowest BCUT2D eigenvalue weighted by Gasteiger charge is -2.19. The lowest BCUT2D eigenvalue weighted by molar-refractivity contribution is -0.168. The van der Waals surface area contributed by atoms with Crippen LogP contribution in [0.15, 0.2) is 24.3 Å². The van der Waals surface area contributed by atoms with Gasteiger partial charge in [0, 0.05) is 5.02 Å². The summed E-state index contributed by atoms with van der Waals surface area (Å²) in [5.41, 5.74) is 5.17. The molecule has 0 aliphatic heterocycles. The number of rotatable bonds is 3. The lowest BCUT2D eigenvalue weighted by atomic mass is 10.0. The van der Waals surface area contributed by atoms with Crippen LogP contribution in [0.1, 0.15) is 11.6 Å². The van der Waals surface area contributed by atoms with Gasteiger partial charge in [0.05, 0.1) is 0 Å². The van der Waals surface area contributed by atoms with Crippen LogP contribution in [0.4, 0.5) is 8.78 Å². The third kappa shape index (κ3) is 2.43. The Morgan fingerprint density at radius 2 is 1.87 bits per heavy atom. The number of alkyl halides is 2. The fourth-order valence-electron chi connectivity index (χ4n) is 1.01. The summed E-state index contributed by atoms with van der Waals surface area (Å²) in [4.78, 5) is 10.2. The van der Waals surface area contributed by atoms with Crippen LogP contribution in [0.5, 0.6) is 0 Å². The summed E-state index contributed by atoms with van der Waals surface area (Å²) in [6, 6.07) is 3.39. The second-order valence-corrected chi connectivity index (χ2v) is 3.39. The minimum absolute atomic E-state index is 0.0202. The minimum atomic E-state index is -3.99. The van der Waals surface area contributed by atoms with Crippen LogP contribution in [-0.2, 0) is 4.79 Å². The van der Waals surface area contributed by atoms with Gasteiger partial charge in [0.25, 0.3) is 0 Å². The molecule has 0 bridgehead atoms. The van der Waals surface area contributed by atoms with Crippen molar-refractivity contribution in [1.29, 1.82) is 0 Å². The number of carbonyl (C=O) groups is 1. The molecule has 1 atom stereocenters. The quantitative estimate of drug-likeness (QED) is 0.843. The summed E-state index contributed by atoms with van der Waals surface area (Å²) in [6.07, 6.45) is 0. The third-order valence-corrected chi connectivity index (χ3v) is 2.16. The van der Waals surface area contributed by atoms with Crippen LogP contribution < -0.4 is 5.73 Å². The zero-order valence-corrected chi connectivity index (χ0v) is 8.21. The number of carboxylic acids is 1. The van der Waals surface area contributed by atoms with Crippen molar-refractivity contribution in [1.82, 2.24) is 0 Å². The predicted molar refractivity (Wildman–Crippen MR) is 51.0 cm³/mol. The van der Waals surface area contributed by atoms with Crippen LogP contribution in [0, 0.1) is 0 Å². The topological polar surface area (TPSA) is 63.3 Å². The number of hydrogen-bond donors (Lipinski definition) is 2. The summed E-state index contributed by atoms with van der Waals surface area (Å²) in [6.45, 7) is 0. The third-order valence-electron chi connectivity index (χ3n) is 1.90. The van der Waals surface area contributed by atoms with E-state index in [0.29, 0.717) is 5.02 Å². The van der Waals surface area contributed by atoms with E-state index in [4.69, 9.17) is 22.4 Å². The van der Waals surface area contributed by atoms with Gasteiger partial charge in [0.15, 0.2) is 0 Å². The second-order valence-electron chi connectivity index (χ2n) is 2.96. The number of carboxylic acid groups (broad SMARTS) is 1. The van der Waals surface area contributed by atoms with Crippen molar-refractivity contribution >= 4 is 17.6 Å². The van der Waals surface area contributed by atoms with E-state index in [0.717, 1.165) is 0 Å². The van der Waals surface area contributed by atoms with E-state index in [-0.39, 0.29) is 5.56 Å². The summed E-state index contributed by atoms with van der Waals surface area (Å²) >= 11 is 5.55. The summed E-state index contributed by atoms with van der Waals surface area (Å²) in [5.74, 6) is -6.24. The van der Waals surface area contributed by atoms with Crippen molar-refractivity contribution in [2.45, 2.75) is 12.0 Å². The van der Waals surface area contributed by atoms with Crippen molar-refractivity contribution in [2.75, 3.05) is 0 Å². The number of aliphatic carboxylic acids is 1. The van der Waals surface area contributed by atoms with Gasteiger partial charge in [-0.05, 0) is 17.7 Å². The highest BCUT2D eigenvalue weighted by atomic mass is 35.5. The minimum Gasteiger partial charge on any atom is -0.477 e. The second kappa shape index (κ2) is 4.12. The highest BCUT2D eigenvalue weighted by Gasteiger charge is 2.46. The molecule has 0 amide bonds. The molecule has 0 heterocycles. The smallest absolute Gasteiger partial charge is 0.376 e. The molecule has 1 aromatic rings. The van der Waals surface area contributed by atoms with Crippen molar-refractivity contribution in [2.24, 2.45) is 5.73 Å². The normalized spacial score (nSPS) is 13.6. The Balaban J connectivity index is 2.99. The van der Waals surface area contributed by atoms with Crippen molar-refractivity contribution in [3.05, 3.63) is 34.9 Å². The van der Waals surface area contributed by atoms with Gasteiger partial charge in [-0.15, -0.1) is 0 Å². The maximum absolute atomic E-state index is 13.0. The predicted octanol–water partition coefficient (Wildman–Crippen LogP) is 2.06. The van der Waals surface area contributed by atoms with Gasteiger partial charge in [0.2, 0.25) is 0 Å². The van der Waals surface area contributed by atoms with Gasteiger partial charge >= 0.3 is 11.9 Å². The molecule has 6 heteroatoms. The Bertz CT molecular complexity index is 367. The molecule has 15 heavy (non-hydrogen) atoms. The van der Waals surface area contributed by atoms with E-state index in [2.05, 4.69) is 0 Å². The number of benzene rings is 1. The average Bonchev–Trinajstić information content (AvgIpc) is 2.17. The Labute approximate surface area is 89.5 Å². The van der Waals surface area contributed by atoms with E-state index >= 15 is 0 Å². The van der Waals surface area contributed by atoms with Crippen LogP contribution in [0.3, 0.4) is 0 Å². The largest absolute Gasteiger partial charge is 0.477 e. The maximum Gasteiger partial charge on any atom is 0.376 e. The van der Waals surface area contributed by atoms with Crippen LogP contribution in [0.25, 0.3) is 0 Å². The first-order valence-electron chi connectivity index (χ1n) is 3.98. The average molecular weight is 236 g/mol. The van der Waals surface area contributed by atoms with E-state index < -0.39 is 17.9 Å². The molecule has 0 spiro atoms. The molecule has 3 N–H and O–H groups in total. The van der Waals surface area contributed by atoms with E-state index in [1.807, 2.05) is 0 Å². The molecular formula is C9H8ClF2NO2. The molecular weight excluding hydrogens is 228 g/mol. The first-order chi connectivity index (χ1) is 6.85. The molecule has 0 unspecified atom stereocenters. The molecule has 0 saturated carbocycles. The summed E-state index contributed by atoms with van der Waals surface area (Å²) in [5, 5.41) is 8.64. The molecule has 0 radical (unpaired) electrons. The SMILES string of the molecule is N[C@H](c1ccc(Cl)cc1)C(F)(F)C(=O)O. The van der Waals surface area contributed by atoms with Crippen molar-refractivity contribution < 1.29 is 18.7 Å². The fourth-order valence-corrected chi connectivity index (χ4v) is 1.14. The molecule has 0 aliphatic rings. The Kier molecular flexibility index (Phi) is 3.26. The van der Waals surface area contributed by atoms with Crippen molar-refractivity contribution in [3.63, 3.8) is 0 Å². The van der Waals surface area contributed by atoms with Gasteiger partial charge in [0.1, 0.15) is 6.04 Å². The van der Waals surface area contributed by atoms with E-state index in [9.17, 15) is 13.6 Å². The molecule has 82 valence electrons. The first-order valence-corrected chi connectivity index (χ1v) is 4.35. The Hall–Kier alpha value is -1.20. The van der Waals surface area contributed by atoms with Crippen LogP contribution >= 0.6 is 11.6 Å². The molecule has 0 aliphatic carbocycles. The molecule has 0 fully saturated rings. The van der Waals surface area contributed by atoms with E-state index in [1.165, 1.54) is 24.3 Å². The van der Waals surface area contributed by atoms with Crippen LogP contribution in [0.2, 0.25) is 5.02 Å². The van der Waals surface area contributed by atoms with Gasteiger partial charge in [-0.3, -0.25) is 0 Å². The monoisotopic (exact) mass is 235 g/mol. The summed E-state index contributed by atoms with van der Waals surface area (Å²) in [7, 11) is 0. The Morgan fingerprint density at radius 1 is 1.40 bits per heavy atom. The standard InChI is InChI=1S/C9H8ClF2NO2/c10-6-3-1-5(2-4-6)7(13)9(11,12)8(14)15/h1-4,7H,13H2,(H,14,15)/t7-/m1/s1. The number of halogens is 3. The lowest BCUT2D eigenvalue weighted by Crippen LogP contribution is -2.40. The van der Waals surface area contributed by atoms with Gasteiger partial charge in [-0.1, -0.05) is 23.7 Å². The number of nitrogens with two attached hydrogens (primary N) is 1.